The van der Waals surface area contributed by atoms with Gasteiger partial charge in [0.15, 0.2) is 11.6 Å². The summed E-state index contributed by atoms with van der Waals surface area (Å²) in [5.74, 6) is 1.48. The Morgan fingerprint density at radius 2 is 1.97 bits per heavy atom. The molecule has 2 aliphatic rings. The fraction of sp³-hybridized carbons (Fsp3) is 0.684. The van der Waals surface area contributed by atoms with Crippen LogP contribution < -0.4 is 0 Å². The summed E-state index contributed by atoms with van der Waals surface area (Å²) in [6.07, 6.45) is 4.21. The van der Waals surface area contributed by atoms with Crippen molar-refractivity contribution in [3.63, 3.8) is 0 Å². The van der Waals surface area contributed by atoms with Gasteiger partial charge in [0.25, 0.3) is 0 Å². The molecule has 30 heavy (non-hydrogen) atoms. The molecule has 1 saturated heterocycles. The number of sulfonamides is 1. The number of aromatic nitrogens is 5. The smallest absolute Gasteiger partial charge is 0.224 e. The van der Waals surface area contributed by atoms with Crippen molar-refractivity contribution >= 4 is 15.9 Å². The second-order valence-electron chi connectivity index (χ2n) is 8.23. The molecule has 1 amide bonds. The van der Waals surface area contributed by atoms with Gasteiger partial charge in [-0.05, 0) is 32.8 Å². The molecule has 1 atom stereocenters. The van der Waals surface area contributed by atoms with E-state index in [1.165, 1.54) is 6.26 Å². The number of rotatable bonds is 5. The summed E-state index contributed by atoms with van der Waals surface area (Å²) in [6.45, 7) is 6.55. The third-order valence-electron chi connectivity index (χ3n) is 5.95. The Kier molecular flexibility index (Phi) is 5.67. The maximum Gasteiger partial charge on any atom is 0.224 e. The van der Waals surface area contributed by atoms with E-state index < -0.39 is 10.0 Å². The molecule has 1 unspecified atom stereocenters. The predicted molar refractivity (Wildman–Crippen MR) is 110 cm³/mol. The van der Waals surface area contributed by atoms with Crippen LogP contribution in [-0.2, 0) is 34.5 Å². The van der Waals surface area contributed by atoms with Crippen LogP contribution in [0.5, 0.6) is 0 Å². The van der Waals surface area contributed by atoms with Crippen molar-refractivity contribution in [2.45, 2.75) is 65.2 Å². The highest BCUT2D eigenvalue weighted by Crippen LogP contribution is 2.32. The molecule has 0 radical (unpaired) electrons. The first-order valence-electron chi connectivity index (χ1n) is 10.4. The minimum absolute atomic E-state index is 0.0637. The molecule has 4 heterocycles. The van der Waals surface area contributed by atoms with E-state index in [-0.39, 0.29) is 11.9 Å². The van der Waals surface area contributed by atoms with Crippen molar-refractivity contribution in [1.82, 2.24) is 33.8 Å². The zero-order valence-electron chi connectivity index (χ0n) is 17.8. The van der Waals surface area contributed by atoms with Crippen molar-refractivity contribution in [3.8, 4) is 0 Å². The fourth-order valence-electron chi connectivity index (χ4n) is 4.46. The van der Waals surface area contributed by atoms with E-state index in [4.69, 9.17) is 0 Å². The van der Waals surface area contributed by atoms with Gasteiger partial charge in [-0.25, -0.2) is 8.42 Å². The van der Waals surface area contributed by atoms with E-state index in [0.717, 1.165) is 36.5 Å². The van der Waals surface area contributed by atoms with Crippen LogP contribution in [0.15, 0.2) is 6.07 Å². The van der Waals surface area contributed by atoms with Crippen LogP contribution in [-0.4, -0.2) is 67.4 Å². The first-order chi connectivity index (χ1) is 14.2. The lowest BCUT2D eigenvalue weighted by Crippen LogP contribution is -2.42. The van der Waals surface area contributed by atoms with Crippen LogP contribution in [0.4, 0.5) is 0 Å². The molecule has 0 aliphatic carbocycles. The number of fused-ring (bicyclic) bond motifs is 1. The molecule has 0 bridgehead atoms. The number of hydrogen-bond acceptors (Lipinski definition) is 6. The van der Waals surface area contributed by atoms with Crippen molar-refractivity contribution in [1.29, 1.82) is 0 Å². The third-order valence-corrected chi connectivity index (χ3v) is 7.24. The molecule has 4 rings (SSSR count). The molecule has 2 aromatic heterocycles. The van der Waals surface area contributed by atoms with E-state index in [0.29, 0.717) is 45.0 Å². The zero-order valence-corrected chi connectivity index (χ0v) is 18.6. The Labute approximate surface area is 176 Å². The zero-order chi connectivity index (χ0) is 21.5. The first-order valence-corrected chi connectivity index (χ1v) is 12.3. The van der Waals surface area contributed by atoms with Gasteiger partial charge >= 0.3 is 0 Å². The van der Waals surface area contributed by atoms with Crippen LogP contribution in [0, 0.1) is 13.8 Å². The summed E-state index contributed by atoms with van der Waals surface area (Å²) in [7, 11) is -3.31. The maximum absolute atomic E-state index is 12.7. The number of nitrogens with zero attached hydrogens (tertiary/aromatic N) is 7. The quantitative estimate of drug-likeness (QED) is 0.694. The van der Waals surface area contributed by atoms with E-state index in [1.807, 2.05) is 29.2 Å². The van der Waals surface area contributed by atoms with Gasteiger partial charge in [-0.1, -0.05) is 6.42 Å². The average molecular weight is 436 g/mol. The third kappa shape index (κ3) is 4.13. The largest absolute Gasteiger partial charge is 0.333 e. The van der Waals surface area contributed by atoms with Gasteiger partial charge in [-0.2, -0.15) is 9.40 Å². The van der Waals surface area contributed by atoms with Gasteiger partial charge in [0.1, 0.15) is 0 Å². The summed E-state index contributed by atoms with van der Waals surface area (Å²) < 4.78 is 29.9. The van der Waals surface area contributed by atoms with Gasteiger partial charge in [0, 0.05) is 38.3 Å². The Hall–Kier alpha value is -2.27. The standard InChI is InChI=1S/C19H29N7O3S/c1-14-12-15(2)25(22-14)9-7-18(27)23-10-11-24-17(13-23)20-21-19(24)16-6-4-5-8-26(16)30(3,28)29/h12,16H,4-11,13H2,1-3H3. The maximum atomic E-state index is 12.7. The molecule has 2 aliphatic heterocycles. The minimum Gasteiger partial charge on any atom is -0.333 e. The van der Waals surface area contributed by atoms with E-state index in [2.05, 4.69) is 15.3 Å². The Bertz CT molecular complexity index is 1040. The van der Waals surface area contributed by atoms with Gasteiger partial charge in [-0.3, -0.25) is 9.48 Å². The van der Waals surface area contributed by atoms with Gasteiger partial charge in [0.2, 0.25) is 15.9 Å². The van der Waals surface area contributed by atoms with Crippen LogP contribution in [0.1, 0.15) is 54.8 Å². The van der Waals surface area contributed by atoms with Crippen LogP contribution in [0.25, 0.3) is 0 Å². The Balaban J connectivity index is 1.44. The number of aryl methyl sites for hydroxylation is 3. The normalized spacial score (nSPS) is 20.4. The molecule has 2 aromatic rings. The van der Waals surface area contributed by atoms with Crippen molar-refractivity contribution in [2.75, 3.05) is 19.3 Å². The molecule has 0 spiro atoms. The fourth-order valence-corrected chi connectivity index (χ4v) is 5.58. The minimum atomic E-state index is -3.31. The summed E-state index contributed by atoms with van der Waals surface area (Å²) in [5, 5.41) is 13.0. The highest BCUT2D eigenvalue weighted by Gasteiger charge is 2.36. The molecule has 0 N–H and O–H groups in total. The first kappa shape index (κ1) is 21.0. The SMILES string of the molecule is Cc1cc(C)n(CCC(=O)N2CCn3c(nnc3C3CCCCN3S(C)(=O)=O)C2)n1. The number of carbonyl (C=O) groups is 1. The number of piperidine rings is 1. The van der Waals surface area contributed by atoms with Crippen LogP contribution in [0.3, 0.4) is 0 Å². The summed E-state index contributed by atoms with van der Waals surface area (Å²) in [4.78, 5) is 14.5. The molecule has 1 fully saturated rings. The highest BCUT2D eigenvalue weighted by molar-refractivity contribution is 7.88. The number of amides is 1. The van der Waals surface area contributed by atoms with Gasteiger partial charge in [0.05, 0.1) is 24.5 Å². The lowest BCUT2D eigenvalue weighted by Gasteiger charge is -2.34. The molecule has 11 heteroatoms. The Morgan fingerprint density at radius 3 is 2.67 bits per heavy atom. The lowest BCUT2D eigenvalue weighted by atomic mass is 10.0. The molecular weight excluding hydrogens is 406 g/mol. The van der Waals surface area contributed by atoms with Crippen LogP contribution in [0.2, 0.25) is 0 Å². The molecule has 0 saturated carbocycles. The lowest BCUT2D eigenvalue weighted by molar-refractivity contribution is -0.133. The predicted octanol–water partition coefficient (Wildman–Crippen LogP) is 1.01. The van der Waals surface area contributed by atoms with Crippen molar-refractivity contribution in [3.05, 3.63) is 29.1 Å². The second kappa shape index (κ2) is 8.10. The summed E-state index contributed by atoms with van der Waals surface area (Å²) >= 11 is 0. The van der Waals surface area contributed by atoms with Gasteiger partial charge < -0.3 is 9.47 Å². The number of carbonyl (C=O) groups excluding carboxylic acids is 1. The molecule has 164 valence electrons. The van der Waals surface area contributed by atoms with Crippen molar-refractivity contribution < 1.29 is 13.2 Å². The Morgan fingerprint density at radius 1 is 1.17 bits per heavy atom. The monoisotopic (exact) mass is 435 g/mol. The van der Waals surface area contributed by atoms with Gasteiger partial charge in [-0.15, -0.1) is 10.2 Å². The summed E-state index contributed by atoms with van der Waals surface area (Å²) in [6, 6.07) is 1.73. The highest BCUT2D eigenvalue weighted by atomic mass is 32.2. The second-order valence-corrected chi connectivity index (χ2v) is 10.2. The topological polar surface area (TPSA) is 106 Å². The van der Waals surface area contributed by atoms with Crippen molar-refractivity contribution in [2.24, 2.45) is 0 Å². The van der Waals surface area contributed by atoms with E-state index in [1.54, 1.807) is 9.21 Å². The molecule has 10 nitrogen and oxygen atoms in total. The van der Waals surface area contributed by atoms with E-state index >= 15 is 0 Å². The number of hydrogen-bond donors (Lipinski definition) is 0. The molecule has 0 aromatic carbocycles. The summed E-state index contributed by atoms with van der Waals surface area (Å²) in [5.41, 5.74) is 2.00. The van der Waals surface area contributed by atoms with E-state index in [9.17, 15) is 13.2 Å². The average Bonchev–Trinajstić information content (AvgIpc) is 3.27. The van der Waals surface area contributed by atoms with Crippen LogP contribution >= 0.6 is 0 Å². The molecular formula is C19H29N7O3S.